The Balaban J connectivity index is 1.58. The lowest BCUT2D eigenvalue weighted by Crippen LogP contribution is -2.48. The van der Waals surface area contributed by atoms with Gasteiger partial charge in [0.1, 0.15) is 17.3 Å². The molecule has 0 saturated carbocycles. The van der Waals surface area contributed by atoms with E-state index in [1.807, 2.05) is 0 Å². The summed E-state index contributed by atoms with van der Waals surface area (Å²) in [7, 11) is 0. The van der Waals surface area contributed by atoms with Gasteiger partial charge in [-0.1, -0.05) is 12.1 Å². The third-order valence-corrected chi connectivity index (χ3v) is 4.08. The highest BCUT2D eigenvalue weighted by atomic mass is 19.1. The van der Waals surface area contributed by atoms with Crippen LogP contribution in [0.1, 0.15) is 12.2 Å². The van der Waals surface area contributed by atoms with Crippen LogP contribution in [0.4, 0.5) is 4.39 Å². The van der Waals surface area contributed by atoms with Crippen LogP contribution in [0.5, 0.6) is 0 Å². The van der Waals surface area contributed by atoms with Crippen LogP contribution in [0.25, 0.3) is 11.3 Å². The number of benzene rings is 1. The fourth-order valence-corrected chi connectivity index (χ4v) is 2.73. The molecule has 1 atom stereocenters. The van der Waals surface area contributed by atoms with E-state index in [1.54, 1.807) is 30.3 Å². The number of aliphatic carboxylic acids is 1. The zero-order valence-electron chi connectivity index (χ0n) is 13.5. The summed E-state index contributed by atoms with van der Waals surface area (Å²) in [6, 6.07) is 9.71. The van der Waals surface area contributed by atoms with Gasteiger partial charge in [-0.3, -0.25) is 4.79 Å². The summed E-state index contributed by atoms with van der Waals surface area (Å²) in [5.74, 6) is -0.600. The number of ether oxygens (including phenoxy) is 1. The lowest BCUT2D eigenvalue weighted by atomic mass is 10.1. The minimum absolute atomic E-state index is 0.0484. The SMILES string of the molecule is O=C(O)C1CN(C(=O)CCc2ccc(-c3ccccc3F)o2)CCO1. The number of amides is 1. The van der Waals surface area contributed by atoms with Gasteiger partial charge in [0.2, 0.25) is 5.91 Å². The van der Waals surface area contributed by atoms with E-state index in [4.69, 9.17) is 14.3 Å². The highest BCUT2D eigenvalue weighted by Gasteiger charge is 2.28. The Bertz CT molecular complexity index is 772. The molecule has 1 aliphatic heterocycles. The van der Waals surface area contributed by atoms with Gasteiger partial charge in [0.05, 0.1) is 18.7 Å². The number of nitrogens with zero attached hydrogens (tertiary/aromatic N) is 1. The van der Waals surface area contributed by atoms with Crippen molar-refractivity contribution in [3.05, 3.63) is 48.0 Å². The van der Waals surface area contributed by atoms with Crippen LogP contribution in [-0.4, -0.2) is 47.7 Å². The maximum absolute atomic E-state index is 13.8. The standard InChI is InChI=1S/C18H18FNO5/c19-14-4-2-1-3-13(14)15-7-5-12(25-15)6-8-17(21)20-9-10-24-16(11-20)18(22)23/h1-5,7,16H,6,8-11H2,(H,22,23). The molecule has 6 nitrogen and oxygen atoms in total. The summed E-state index contributed by atoms with van der Waals surface area (Å²) < 4.78 is 24.5. The van der Waals surface area contributed by atoms with Gasteiger partial charge in [0.15, 0.2) is 6.10 Å². The number of carboxylic acids is 1. The Kier molecular flexibility index (Phi) is 5.14. The van der Waals surface area contributed by atoms with Gasteiger partial charge in [0.25, 0.3) is 0 Å². The first-order valence-corrected chi connectivity index (χ1v) is 8.00. The molecular weight excluding hydrogens is 329 g/mol. The van der Waals surface area contributed by atoms with E-state index in [0.717, 1.165) is 0 Å². The topological polar surface area (TPSA) is 80.0 Å². The average Bonchev–Trinajstić information content (AvgIpc) is 3.09. The van der Waals surface area contributed by atoms with Crippen molar-refractivity contribution in [2.45, 2.75) is 18.9 Å². The fourth-order valence-electron chi connectivity index (χ4n) is 2.73. The average molecular weight is 347 g/mol. The summed E-state index contributed by atoms with van der Waals surface area (Å²) in [6.45, 7) is 0.634. The lowest BCUT2D eigenvalue weighted by molar-refractivity contribution is -0.159. The van der Waals surface area contributed by atoms with Crippen molar-refractivity contribution in [3.8, 4) is 11.3 Å². The number of aryl methyl sites for hydroxylation is 1. The van der Waals surface area contributed by atoms with Crippen LogP contribution < -0.4 is 0 Å². The molecule has 1 fully saturated rings. The quantitative estimate of drug-likeness (QED) is 0.898. The molecule has 2 aromatic rings. The molecule has 7 heteroatoms. The largest absolute Gasteiger partial charge is 0.479 e. The molecule has 0 bridgehead atoms. The van der Waals surface area contributed by atoms with Crippen LogP contribution in [0.15, 0.2) is 40.8 Å². The minimum atomic E-state index is -1.07. The summed E-state index contributed by atoms with van der Waals surface area (Å²) in [6.07, 6.45) is -0.423. The van der Waals surface area contributed by atoms with E-state index in [0.29, 0.717) is 30.0 Å². The first-order chi connectivity index (χ1) is 12.0. The Hall–Kier alpha value is -2.67. The van der Waals surface area contributed by atoms with Crippen LogP contribution in [-0.2, 0) is 20.7 Å². The van der Waals surface area contributed by atoms with Gasteiger partial charge in [-0.2, -0.15) is 0 Å². The molecule has 1 aliphatic rings. The third-order valence-electron chi connectivity index (χ3n) is 4.08. The van der Waals surface area contributed by atoms with E-state index in [2.05, 4.69) is 0 Å². The van der Waals surface area contributed by atoms with E-state index in [-0.39, 0.29) is 31.3 Å². The molecule has 0 aliphatic carbocycles. The Morgan fingerprint density at radius 3 is 2.80 bits per heavy atom. The van der Waals surface area contributed by atoms with Crippen molar-refractivity contribution in [1.29, 1.82) is 0 Å². The zero-order valence-corrected chi connectivity index (χ0v) is 13.5. The Morgan fingerprint density at radius 1 is 1.24 bits per heavy atom. The summed E-state index contributed by atoms with van der Waals surface area (Å²) in [4.78, 5) is 24.7. The maximum atomic E-state index is 13.8. The highest BCUT2D eigenvalue weighted by molar-refractivity contribution is 5.78. The molecule has 3 rings (SSSR count). The van der Waals surface area contributed by atoms with Crippen LogP contribution in [0, 0.1) is 5.82 Å². The third kappa shape index (κ3) is 4.06. The van der Waals surface area contributed by atoms with E-state index in [9.17, 15) is 14.0 Å². The molecule has 1 aromatic heterocycles. The van der Waals surface area contributed by atoms with Gasteiger partial charge >= 0.3 is 5.97 Å². The van der Waals surface area contributed by atoms with Crippen molar-refractivity contribution < 1.29 is 28.2 Å². The van der Waals surface area contributed by atoms with E-state index in [1.165, 1.54) is 11.0 Å². The molecule has 1 saturated heterocycles. The second-order valence-electron chi connectivity index (χ2n) is 5.78. The number of furan rings is 1. The van der Waals surface area contributed by atoms with Crippen molar-refractivity contribution in [3.63, 3.8) is 0 Å². The Labute approximate surface area is 143 Å². The van der Waals surface area contributed by atoms with Crippen molar-refractivity contribution >= 4 is 11.9 Å². The van der Waals surface area contributed by atoms with E-state index >= 15 is 0 Å². The summed E-state index contributed by atoms with van der Waals surface area (Å²) >= 11 is 0. The maximum Gasteiger partial charge on any atom is 0.334 e. The van der Waals surface area contributed by atoms with Gasteiger partial charge in [-0.05, 0) is 24.3 Å². The second kappa shape index (κ2) is 7.48. The second-order valence-corrected chi connectivity index (χ2v) is 5.78. The number of hydrogen-bond acceptors (Lipinski definition) is 4. The molecule has 1 unspecified atom stereocenters. The molecule has 2 heterocycles. The first-order valence-electron chi connectivity index (χ1n) is 8.00. The number of carbonyl (C=O) groups excluding carboxylic acids is 1. The van der Waals surface area contributed by atoms with Gasteiger partial charge in [-0.25, -0.2) is 9.18 Å². The number of carboxylic acid groups (broad SMARTS) is 1. The van der Waals surface area contributed by atoms with Crippen molar-refractivity contribution in [2.75, 3.05) is 19.7 Å². The fraction of sp³-hybridized carbons (Fsp3) is 0.333. The van der Waals surface area contributed by atoms with E-state index < -0.39 is 12.1 Å². The molecule has 132 valence electrons. The summed E-state index contributed by atoms with van der Waals surface area (Å²) in [5.41, 5.74) is 0.373. The van der Waals surface area contributed by atoms with Crippen molar-refractivity contribution in [2.24, 2.45) is 0 Å². The minimum Gasteiger partial charge on any atom is -0.479 e. The number of morpholine rings is 1. The normalized spacial score (nSPS) is 17.5. The smallest absolute Gasteiger partial charge is 0.334 e. The number of carbonyl (C=O) groups is 2. The van der Waals surface area contributed by atoms with Gasteiger partial charge < -0.3 is 19.2 Å². The first kappa shape index (κ1) is 17.2. The molecule has 0 radical (unpaired) electrons. The lowest BCUT2D eigenvalue weighted by Gasteiger charge is -2.30. The molecule has 1 N–H and O–H groups in total. The van der Waals surface area contributed by atoms with Crippen LogP contribution >= 0.6 is 0 Å². The molecule has 1 amide bonds. The molecular formula is C18H18FNO5. The number of hydrogen-bond donors (Lipinski definition) is 1. The highest BCUT2D eigenvalue weighted by Crippen LogP contribution is 2.25. The predicted molar refractivity (Wildman–Crippen MR) is 86.4 cm³/mol. The molecule has 1 aromatic carbocycles. The Morgan fingerprint density at radius 2 is 2.04 bits per heavy atom. The summed E-state index contributed by atoms with van der Waals surface area (Å²) in [5, 5.41) is 8.97. The zero-order chi connectivity index (χ0) is 17.8. The van der Waals surface area contributed by atoms with Gasteiger partial charge in [0, 0.05) is 19.4 Å². The number of halogens is 1. The predicted octanol–water partition coefficient (Wildman–Crippen LogP) is 2.33. The molecule has 0 spiro atoms. The van der Waals surface area contributed by atoms with Crippen LogP contribution in [0.3, 0.4) is 0 Å². The molecule has 25 heavy (non-hydrogen) atoms. The van der Waals surface area contributed by atoms with Crippen LogP contribution in [0.2, 0.25) is 0 Å². The van der Waals surface area contributed by atoms with Crippen molar-refractivity contribution in [1.82, 2.24) is 4.90 Å². The van der Waals surface area contributed by atoms with Gasteiger partial charge in [-0.15, -0.1) is 0 Å². The monoisotopic (exact) mass is 347 g/mol. The number of rotatable bonds is 5.